The molecule has 0 saturated carbocycles. The number of amides is 1. The standard InChI is InChI=1S/C25H31N3OS/c1-4-25(2,3)18-10-11-20-17(14-18)15-19-21(26)22(30-24(19)28-20)23(29)27-13-12-16-8-6-5-7-9-16/h5-9,15,18H,4,10-14,26H2,1-3H3,(H,27,29). The van der Waals surface area contributed by atoms with E-state index in [-0.39, 0.29) is 5.91 Å². The number of fused-ring (bicyclic) bond motifs is 2. The van der Waals surface area contributed by atoms with Crippen molar-refractivity contribution in [3.8, 4) is 0 Å². The minimum atomic E-state index is -0.102. The van der Waals surface area contributed by atoms with Crippen molar-refractivity contribution in [1.29, 1.82) is 0 Å². The van der Waals surface area contributed by atoms with Crippen LogP contribution >= 0.6 is 11.3 Å². The maximum absolute atomic E-state index is 12.8. The van der Waals surface area contributed by atoms with Gasteiger partial charge in [-0.1, -0.05) is 57.5 Å². The Kier molecular flexibility index (Phi) is 5.83. The van der Waals surface area contributed by atoms with Crippen LogP contribution in [0.2, 0.25) is 0 Å². The number of pyridine rings is 1. The van der Waals surface area contributed by atoms with Gasteiger partial charge in [0.05, 0.1) is 5.69 Å². The van der Waals surface area contributed by atoms with Gasteiger partial charge in [-0.05, 0) is 54.2 Å². The molecule has 1 aromatic carbocycles. The van der Waals surface area contributed by atoms with Gasteiger partial charge < -0.3 is 11.1 Å². The van der Waals surface area contributed by atoms with Gasteiger partial charge in [0.15, 0.2) is 0 Å². The normalized spacial score (nSPS) is 16.4. The Labute approximate surface area is 182 Å². The second-order valence-corrected chi connectivity index (χ2v) is 10.1. The first-order valence-electron chi connectivity index (χ1n) is 10.9. The number of thiophene rings is 1. The fourth-order valence-electron chi connectivity index (χ4n) is 4.36. The summed E-state index contributed by atoms with van der Waals surface area (Å²) in [5.74, 6) is 0.560. The summed E-state index contributed by atoms with van der Waals surface area (Å²) < 4.78 is 0. The topological polar surface area (TPSA) is 68.0 Å². The lowest BCUT2D eigenvalue weighted by Crippen LogP contribution is -2.29. The number of carbonyl (C=O) groups excluding carboxylic acids is 1. The number of carbonyl (C=O) groups is 1. The van der Waals surface area contributed by atoms with Crippen molar-refractivity contribution in [1.82, 2.24) is 10.3 Å². The molecule has 3 aromatic rings. The molecule has 0 spiro atoms. The van der Waals surface area contributed by atoms with Crippen LogP contribution in [0.1, 0.15) is 60.1 Å². The predicted octanol–water partition coefficient (Wildman–Crippen LogP) is 5.39. The summed E-state index contributed by atoms with van der Waals surface area (Å²) in [4.78, 5) is 19.1. The quantitative estimate of drug-likeness (QED) is 0.560. The average Bonchev–Trinajstić information content (AvgIpc) is 3.08. The molecular formula is C25H31N3OS. The Morgan fingerprint density at radius 2 is 2.07 bits per heavy atom. The van der Waals surface area contributed by atoms with Crippen molar-refractivity contribution < 1.29 is 4.79 Å². The Bertz CT molecular complexity index is 1060. The summed E-state index contributed by atoms with van der Waals surface area (Å²) in [6, 6.07) is 12.4. The number of hydrogen-bond acceptors (Lipinski definition) is 4. The third-order valence-electron chi connectivity index (χ3n) is 6.85. The Hall–Kier alpha value is -2.40. The fraction of sp³-hybridized carbons (Fsp3) is 0.440. The summed E-state index contributed by atoms with van der Waals surface area (Å²) in [5, 5.41) is 3.95. The highest BCUT2D eigenvalue weighted by Gasteiger charge is 2.32. The van der Waals surface area contributed by atoms with Crippen molar-refractivity contribution in [2.24, 2.45) is 11.3 Å². The van der Waals surface area contributed by atoms with E-state index in [0.717, 1.165) is 29.5 Å². The summed E-state index contributed by atoms with van der Waals surface area (Å²) in [5.41, 5.74) is 11.0. The van der Waals surface area contributed by atoms with E-state index in [9.17, 15) is 4.79 Å². The van der Waals surface area contributed by atoms with Crippen LogP contribution < -0.4 is 11.1 Å². The maximum Gasteiger partial charge on any atom is 0.263 e. The molecule has 2 aromatic heterocycles. The van der Waals surface area contributed by atoms with Crippen molar-refractivity contribution in [3.05, 3.63) is 58.1 Å². The van der Waals surface area contributed by atoms with E-state index >= 15 is 0 Å². The average molecular weight is 422 g/mol. The van der Waals surface area contributed by atoms with Crippen LogP contribution in [-0.2, 0) is 19.3 Å². The molecule has 4 nitrogen and oxygen atoms in total. The van der Waals surface area contributed by atoms with Gasteiger partial charge in [-0.15, -0.1) is 11.3 Å². The largest absolute Gasteiger partial charge is 0.397 e. The van der Waals surface area contributed by atoms with Crippen LogP contribution in [-0.4, -0.2) is 17.4 Å². The van der Waals surface area contributed by atoms with E-state index in [4.69, 9.17) is 10.7 Å². The van der Waals surface area contributed by atoms with Gasteiger partial charge in [-0.25, -0.2) is 4.98 Å². The van der Waals surface area contributed by atoms with Crippen LogP contribution in [0.15, 0.2) is 36.4 Å². The van der Waals surface area contributed by atoms with Crippen LogP contribution in [0.25, 0.3) is 10.2 Å². The molecule has 1 aliphatic rings. The zero-order valence-electron chi connectivity index (χ0n) is 18.1. The van der Waals surface area contributed by atoms with Crippen molar-refractivity contribution in [3.63, 3.8) is 0 Å². The number of nitrogens with one attached hydrogen (secondary N) is 1. The molecule has 0 fully saturated rings. The van der Waals surface area contributed by atoms with E-state index in [1.54, 1.807) is 0 Å². The number of benzene rings is 1. The Balaban J connectivity index is 1.52. The van der Waals surface area contributed by atoms with Crippen LogP contribution in [0.5, 0.6) is 0 Å². The predicted molar refractivity (Wildman–Crippen MR) is 126 cm³/mol. The highest BCUT2D eigenvalue weighted by molar-refractivity contribution is 7.21. The van der Waals surface area contributed by atoms with Crippen molar-refractivity contribution in [2.45, 2.75) is 52.9 Å². The minimum Gasteiger partial charge on any atom is -0.397 e. The summed E-state index contributed by atoms with van der Waals surface area (Å²) in [7, 11) is 0. The van der Waals surface area contributed by atoms with E-state index in [0.29, 0.717) is 28.4 Å². The zero-order valence-corrected chi connectivity index (χ0v) is 18.9. The van der Waals surface area contributed by atoms with Gasteiger partial charge in [0.2, 0.25) is 0 Å². The first-order valence-corrected chi connectivity index (χ1v) is 11.7. The number of rotatable bonds is 6. The second-order valence-electron chi connectivity index (χ2n) is 9.07. The molecule has 0 aliphatic heterocycles. The molecule has 3 N–H and O–H groups in total. The third kappa shape index (κ3) is 4.08. The number of nitrogen functional groups attached to an aromatic ring is 1. The fourth-order valence-corrected chi connectivity index (χ4v) is 5.37. The SMILES string of the molecule is CCC(C)(C)C1CCc2nc3sc(C(=O)NCCc4ccccc4)c(N)c3cc2C1. The lowest BCUT2D eigenvalue weighted by molar-refractivity contribution is 0.0959. The number of anilines is 1. The Morgan fingerprint density at radius 3 is 2.80 bits per heavy atom. The second kappa shape index (κ2) is 8.38. The molecule has 30 heavy (non-hydrogen) atoms. The molecule has 158 valence electrons. The molecule has 2 heterocycles. The first-order chi connectivity index (χ1) is 14.4. The molecule has 5 heteroatoms. The lowest BCUT2D eigenvalue weighted by atomic mass is 9.69. The van der Waals surface area contributed by atoms with Gasteiger partial charge in [0, 0.05) is 17.6 Å². The van der Waals surface area contributed by atoms with Gasteiger partial charge in [0.1, 0.15) is 9.71 Å². The van der Waals surface area contributed by atoms with E-state index in [1.807, 2.05) is 18.2 Å². The molecule has 1 aliphatic carbocycles. The van der Waals surface area contributed by atoms with Crippen molar-refractivity contribution in [2.75, 3.05) is 12.3 Å². The number of aromatic nitrogens is 1. The summed E-state index contributed by atoms with van der Waals surface area (Å²) >= 11 is 1.41. The van der Waals surface area contributed by atoms with E-state index in [1.165, 1.54) is 41.0 Å². The molecule has 0 saturated heterocycles. The minimum absolute atomic E-state index is 0.102. The number of nitrogens with zero attached hydrogens (tertiary/aromatic N) is 1. The smallest absolute Gasteiger partial charge is 0.263 e. The van der Waals surface area contributed by atoms with Gasteiger partial charge in [-0.3, -0.25) is 4.79 Å². The monoisotopic (exact) mass is 421 g/mol. The van der Waals surface area contributed by atoms with E-state index in [2.05, 4.69) is 44.3 Å². The molecule has 4 rings (SSSR count). The third-order valence-corrected chi connectivity index (χ3v) is 7.96. The highest BCUT2D eigenvalue weighted by Crippen LogP contribution is 2.41. The molecular weight excluding hydrogens is 390 g/mol. The number of aryl methyl sites for hydroxylation is 1. The molecule has 1 atom stereocenters. The molecule has 1 amide bonds. The highest BCUT2D eigenvalue weighted by atomic mass is 32.1. The summed E-state index contributed by atoms with van der Waals surface area (Å²) in [6.07, 6.45) is 5.22. The Morgan fingerprint density at radius 1 is 1.30 bits per heavy atom. The molecule has 1 unspecified atom stereocenters. The van der Waals surface area contributed by atoms with Gasteiger partial charge in [0.25, 0.3) is 5.91 Å². The van der Waals surface area contributed by atoms with E-state index < -0.39 is 0 Å². The molecule has 0 bridgehead atoms. The number of nitrogens with two attached hydrogens (primary N) is 1. The number of hydrogen-bond donors (Lipinski definition) is 2. The van der Waals surface area contributed by atoms with Crippen LogP contribution in [0, 0.1) is 11.3 Å². The van der Waals surface area contributed by atoms with Gasteiger partial charge in [-0.2, -0.15) is 0 Å². The molecule has 0 radical (unpaired) electrons. The lowest BCUT2D eigenvalue weighted by Gasteiger charge is -2.36. The van der Waals surface area contributed by atoms with Crippen molar-refractivity contribution >= 4 is 33.1 Å². The maximum atomic E-state index is 12.8. The van der Waals surface area contributed by atoms with Gasteiger partial charge >= 0.3 is 0 Å². The first kappa shape index (κ1) is 20.9. The van der Waals surface area contributed by atoms with Crippen LogP contribution in [0.4, 0.5) is 5.69 Å². The summed E-state index contributed by atoms with van der Waals surface area (Å²) in [6.45, 7) is 7.60. The zero-order chi connectivity index (χ0) is 21.3. The van der Waals surface area contributed by atoms with Crippen LogP contribution in [0.3, 0.4) is 0 Å².